The maximum atomic E-state index is 7.06. The second-order valence-electron chi connectivity index (χ2n) is 11.2. The van der Waals surface area contributed by atoms with Crippen LogP contribution in [-0.4, -0.2) is 43.8 Å². The van der Waals surface area contributed by atoms with Gasteiger partial charge in [-0.2, -0.15) is 0 Å². The SMILES string of the molecule is COCOCc1nc(-c2nc(-c3nc([C@@H](C)CCO[Si](c4ccccc4)(c4ccccc4)C(C)(C)C)co3)co2)co1. The van der Waals surface area contributed by atoms with Gasteiger partial charge in [0.05, 0.1) is 5.69 Å². The fourth-order valence-corrected chi connectivity index (χ4v) is 9.69. The monoisotopic (exact) mass is 587 g/mol. The van der Waals surface area contributed by atoms with Gasteiger partial charge in [-0.25, -0.2) is 15.0 Å². The van der Waals surface area contributed by atoms with E-state index >= 15 is 0 Å². The van der Waals surface area contributed by atoms with Gasteiger partial charge >= 0.3 is 0 Å². The van der Waals surface area contributed by atoms with Crippen molar-refractivity contribution >= 4 is 18.7 Å². The molecule has 9 nitrogen and oxygen atoms in total. The largest absolute Gasteiger partial charge is 0.446 e. The molecule has 3 heterocycles. The molecule has 0 aliphatic carbocycles. The van der Waals surface area contributed by atoms with Crippen LogP contribution in [0.3, 0.4) is 0 Å². The van der Waals surface area contributed by atoms with Crippen molar-refractivity contribution in [3.8, 4) is 23.2 Å². The molecule has 42 heavy (non-hydrogen) atoms. The topological polar surface area (TPSA) is 106 Å². The molecule has 0 spiro atoms. The summed E-state index contributed by atoms with van der Waals surface area (Å²) in [6, 6.07) is 21.3. The van der Waals surface area contributed by atoms with Gasteiger partial charge in [-0.15, -0.1) is 0 Å². The van der Waals surface area contributed by atoms with Crippen LogP contribution in [-0.2, 0) is 20.5 Å². The highest BCUT2D eigenvalue weighted by molar-refractivity contribution is 6.99. The van der Waals surface area contributed by atoms with E-state index in [1.54, 1.807) is 13.4 Å². The molecule has 0 fully saturated rings. The molecule has 1 atom stereocenters. The molecular weight excluding hydrogens is 550 g/mol. The van der Waals surface area contributed by atoms with Gasteiger partial charge in [0.25, 0.3) is 8.32 Å². The Hall–Kier alpha value is -3.83. The van der Waals surface area contributed by atoms with Crippen molar-refractivity contribution in [2.75, 3.05) is 20.5 Å². The number of aromatic nitrogens is 3. The lowest BCUT2D eigenvalue weighted by Crippen LogP contribution is -2.66. The predicted octanol–water partition coefficient (Wildman–Crippen LogP) is 6.18. The van der Waals surface area contributed by atoms with Crippen LogP contribution in [0.1, 0.15) is 51.6 Å². The van der Waals surface area contributed by atoms with E-state index in [2.05, 4.69) is 98.3 Å². The highest BCUT2D eigenvalue weighted by Crippen LogP contribution is 2.37. The van der Waals surface area contributed by atoms with Gasteiger partial charge in [0, 0.05) is 19.6 Å². The molecule has 2 aromatic carbocycles. The Balaban J connectivity index is 1.27. The maximum Gasteiger partial charge on any atom is 0.261 e. The van der Waals surface area contributed by atoms with Crippen LogP contribution in [0.5, 0.6) is 0 Å². The highest BCUT2D eigenvalue weighted by Gasteiger charge is 2.50. The van der Waals surface area contributed by atoms with Crippen molar-refractivity contribution in [3.05, 3.63) is 91.0 Å². The molecule has 0 aliphatic heterocycles. The van der Waals surface area contributed by atoms with Crippen LogP contribution in [0.4, 0.5) is 0 Å². The molecule has 5 rings (SSSR count). The molecule has 0 N–H and O–H groups in total. The standard InChI is InChI=1S/C32H37N3O6Si/c1-23(16-17-41-42(32(2,3)4,24-12-8-6-9-13-24)25-14-10-7-11-15-25)26-18-39-31(34-26)28-20-40-30(35-28)27-19-38-29(33-27)21-37-22-36-5/h6-15,18-20,23H,16-17,21-22H2,1-5H3/t23-/m0/s1. The number of nitrogens with zero attached hydrogens (tertiary/aromatic N) is 3. The lowest BCUT2D eigenvalue weighted by molar-refractivity contribution is -0.0453. The zero-order valence-corrected chi connectivity index (χ0v) is 25.7. The quantitative estimate of drug-likeness (QED) is 0.0907. The first-order valence-corrected chi connectivity index (χ1v) is 15.9. The van der Waals surface area contributed by atoms with Crippen LogP contribution in [0.2, 0.25) is 5.04 Å². The van der Waals surface area contributed by atoms with Crippen molar-refractivity contribution in [2.24, 2.45) is 0 Å². The minimum Gasteiger partial charge on any atom is -0.446 e. The molecule has 0 aliphatic rings. The Morgan fingerprint density at radius 3 is 2.02 bits per heavy atom. The summed E-state index contributed by atoms with van der Waals surface area (Å²) < 4.78 is 34.0. The Morgan fingerprint density at radius 1 is 0.786 bits per heavy atom. The molecule has 0 bridgehead atoms. The Morgan fingerprint density at radius 2 is 1.38 bits per heavy atom. The molecule has 5 aromatic rings. The van der Waals surface area contributed by atoms with E-state index in [1.807, 2.05) is 0 Å². The van der Waals surface area contributed by atoms with E-state index in [9.17, 15) is 0 Å². The van der Waals surface area contributed by atoms with E-state index in [-0.39, 0.29) is 24.4 Å². The summed E-state index contributed by atoms with van der Waals surface area (Å²) in [6.07, 6.45) is 5.43. The number of hydrogen-bond donors (Lipinski definition) is 0. The van der Waals surface area contributed by atoms with E-state index in [0.717, 1.165) is 12.1 Å². The Kier molecular flexibility index (Phi) is 9.17. The average molecular weight is 588 g/mol. The van der Waals surface area contributed by atoms with Gasteiger partial charge in [0.2, 0.25) is 17.7 Å². The van der Waals surface area contributed by atoms with Crippen LogP contribution in [0.15, 0.2) is 92.7 Å². The second-order valence-corrected chi connectivity index (χ2v) is 15.5. The fourth-order valence-electron chi connectivity index (χ4n) is 5.11. The molecular formula is C32H37N3O6Si. The Bertz CT molecular complexity index is 1500. The van der Waals surface area contributed by atoms with Gasteiger partial charge in [-0.05, 0) is 21.8 Å². The minimum absolute atomic E-state index is 0.0772. The third-order valence-corrected chi connectivity index (χ3v) is 12.3. The smallest absolute Gasteiger partial charge is 0.261 e. The lowest BCUT2D eigenvalue weighted by Gasteiger charge is -2.43. The predicted molar refractivity (Wildman–Crippen MR) is 161 cm³/mol. The Labute approximate surface area is 247 Å². The highest BCUT2D eigenvalue weighted by atomic mass is 28.4. The number of ether oxygens (including phenoxy) is 2. The first kappa shape index (κ1) is 29.7. The van der Waals surface area contributed by atoms with Crippen LogP contribution in [0, 0.1) is 0 Å². The van der Waals surface area contributed by atoms with Crippen molar-refractivity contribution in [1.82, 2.24) is 15.0 Å². The summed E-state index contributed by atoms with van der Waals surface area (Å²) in [6.45, 7) is 9.91. The first-order chi connectivity index (χ1) is 20.3. The molecule has 0 saturated carbocycles. The summed E-state index contributed by atoms with van der Waals surface area (Å²) >= 11 is 0. The van der Waals surface area contributed by atoms with Crippen LogP contribution >= 0.6 is 0 Å². The molecule has 0 unspecified atom stereocenters. The summed E-state index contributed by atoms with van der Waals surface area (Å²) in [5.74, 6) is 1.19. The summed E-state index contributed by atoms with van der Waals surface area (Å²) in [4.78, 5) is 13.5. The van der Waals surface area contributed by atoms with Gasteiger partial charge in [0.15, 0.2) is 11.4 Å². The van der Waals surface area contributed by atoms with Gasteiger partial charge < -0.3 is 27.2 Å². The van der Waals surface area contributed by atoms with Gasteiger partial charge in [-0.3, -0.25) is 0 Å². The fraction of sp³-hybridized carbons (Fsp3) is 0.344. The van der Waals surface area contributed by atoms with Crippen molar-refractivity contribution < 1.29 is 27.2 Å². The van der Waals surface area contributed by atoms with Crippen molar-refractivity contribution in [3.63, 3.8) is 0 Å². The maximum absolute atomic E-state index is 7.06. The number of benzene rings is 2. The van der Waals surface area contributed by atoms with E-state index in [0.29, 0.717) is 35.7 Å². The average Bonchev–Trinajstić information content (AvgIpc) is 3.77. The molecule has 220 valence electrons. The van der Waals surface area contributed by atoms with Gasteiger partial charge in [-0.1, -0.05) is 88.4 Å². The third-order valence-electron chi connectivity index (χ3n) is 7.23. The number of methoxy groups -OCH3 is 1. The molecule has 0 saturated heterocycles. The zero-order chi connectivity index (χ0) is 29.6. The van der Waals surface area contributed by atoms with E-state index in [4.69, 9.17) is 32.1 Å². The third kappa shape index (κ3) is 6.31. The number of rotatable bonds is 13. The summed E-state index contributed by atoms with van der Waals surface area (Å²) in [7, 11) is -1.05. The van der Waals surface area contributed by atoms with Gasteiger partial charge in [0.1, 0.15) is 32.2 Å². The van der Waals surface area contributed by atoms with Crippen LogP contribution in [0.25, 0.3) is 23.2 Å². The molecule has 10 heteroatoms. The summed E-state index contributed by atoms with van der Waals surface area (Å²) in [5.41, 5.74) is 1.77. The normalized spacial score (nSPS) is 13.0. The second kappa shape index (κ2) is 13.0. The lowest BCUT2D eigenvalue weighted by atomic mass is 10.1. The van der Waals surface area contributed by atoms with E-state index in [1.165, 1.54) is 22.9 Å². The molecule has 0 amide bonds. The molecule has 3 aromatic heterocycles. The van der Waals surface area contributed by atoms with E-state index < -0.39 is 8.32 Å². The number of hydrogen-bond acceptors (Lipinski definition) is 9. The number of oxazole rings is 3. The van der Waals surface area contributed by atoms with Crippen molar-refractivity contribution in [1.29, 1.82) is 0 Å². The van der Waals surface area contributed by atoms with Crippen LogP contribution < -0.4 is 10.4 Å². The molecule has 0 radical (unpaired) electrons. The minimum atomic E-state index is -2.60. The zero-order valence-electron chi connectivity index (χ0n) is 24.7. The van der Waals surface area contributed by atoms with Crippen molar-refractivity contribution in [2.45, 2.75) is 51.7 Å². The summed E-state index contributed by atoms with van der Waals surface area (Å²) in [5, 5.41) is 2.46. The first-order valence-electron chi connectivity index (χ1n) is 14.0.